The summed E-state index contributed by atoms with van der Waals surface area (Å²) in [6, 6.07) is 7.22. The summed E-state index contributed by atoms with van der Waals surface area (Å²) in [4.78, 5) is 2.65. The highest BCUT2D eigenvalue weighted by molar-refractivity contribution is 5.35. The summed E-state index contributed by atoms with van der Waals surface area (Å²) < 4.78 is 0. The molecule has 0 amide bonds. The molecule has 3 rings (SSSR count). The van der Waals surface area contributed by atoms with E-state index in [1.807, 2.05) is 0 Å². The maximum Gasteiger partial charge on any atom is 0.000713 e. The molecular weight excluding hydrogens is 230 g/mol. The lowest BCUT2D eigenvalue weighted by atomic mass is 9.98. The van der Waals surface area contributed by atoms with Crippen LogP contribution in [0.15, 0.2) is 18.2 Å². The van der Waals surface area contributed by atoms with Crippen LogP contribution in [0, 0.1) is 5.92 Å². The quantitative estimate of drug-likeness (QED) is 0.774. The summed E-state index contributed by atoms with van der Waals surface area (Å²) >= 11 is 0. The van der Waals surface area contributed by atoms with Gasteiger partial charge in [-0.15, -0.1) is 0 Å². The van der Waals surface area contributed by atoms with E-state index < -0.39 is 0 Å². The second-order valence-electron chi connectivity index (χ2n) is 6.61. The van der Waals surface area contributed by atoms with E-state index in [1.165, 1.54) is 64.6 Å². The SMILES string of the molecule is CC(CCc1ccc2c(c1)CCC2)CN1CCCC1. The van der Waals surface area contributed by atoms with Gasteiger partial charge in [-0.1, -0.05) is 25.1 Å². The molecule has 1 aliphatic heterocycles. The second-order valence-corrected chi connectivity index (χ2v) is 6.61. The highest BCUT2D eigenvalue weighted by atomic mass is 15.1. The molecule has 0 bridgehead atoms. The van der Waals surface area contributed by atoms with Crippen molar-refractivity contribution in [3.63, 3.8) is 0 Å². The molecule has 0 spiro atoms. The first-order chi connectivity index (χ1) is 9.31. The lowest BCUT2D eigenvalue weighted by Crippen LogP contribution is -2.25. The van der Waals surface area contributed by atoms with Crippen LogP contribution in [0.4, 0.5) is 0 Å². The molecule has 1 nitrogen and oxygen atoms in total. The highest BCUT2D eigenvalue weighted by Gasteiger charge is 2.15. The Morgan fingerprint density at radius 1 is 1.05 bits per heavy atom. The average Bonchev–Trinajstić information content (AvgIpc) is 3.06. The van der Waals surface area contributed by atoms with Crippen molar-refractivity contribution in [1.29, 1.82) is 0 Å². The van der Waals surface area contributed by atoms with Crippen molar-refractivity contribution in [3.05, 3.63) is 34.9 Å². The first kappa shape index (κ1) is 13.2. The van der Waals surface area contributed by atoms with Gasteiger partial charge in [0.05, 0.1) is 0 Å². The minimum atomic E-state index is 0.839. The summed E-state index contributed by atoms with van der Waals surface area (Å²) in [6.07, 6.45) is 9.42. The van der Waals surface area contributed by atoms with Crippen LogP contribution in [0.3, 0.4) is 0 Å². The molecule has 1 aliphatic carbocycles. The third kappa shape index (κ3) is 3.39. The zero-order chi connectivity index (χ0) is 13.1. The number of hydrogen-bond donors (Lipinski definition) is 0. The maximum absolute atomic E-state index is 2.65. The topological polar surface area (TPSA) is 3.24 Å². The van der Waals surface area contributed by atoms with Crippen LogP contribution in [-0.2, 0) is 19.3 Å². The molecule has 0 radical (unpaired) electrons. The Morgan fingerprint density at radius 2 is 1.84 bits per heavy atom. The lowest BCUT2D eigenvalue weighted by Gasteiger charge is -2.20. The third-order valence-corrected chi connectivity index (χ3v) is 4.86. The Bertz CT molecular complexity index is 418. The Morgan fingerprint density at radius 3 is 2.68 bits per heavy atom. The molecule has 1 heterocycles. The summed E-state index contributed by atoms with van der Waals surface area (Å²) in [7, 11) is 0. The van der Waals surface area contributed by atoms with E-state index in [1.54, 1.807) is 16.7 Å². The van der Waals surface area contributed by atoms with E-state index in [9.17, 15) is 0 Å². The fraction of sp³-hybridized carbons (Fsp3) is 0.667. The Hall–Kier alpha value is -0.820. The van der Waals surface area contributed by atoms with Gasteiger partial charge in [-0.2, -0.15) is 0 Å². The van der Waals surface area contributed by atoms with E-state index in [0.29, 0.717) is 0 Å². The van der Waals surface area contributed by atoms with Gasteiger partial charge in [0.25, 0.3) is 0 Å². The van der Waals surface area contributed by atoms with Crippen LogP contribution in [0.25, 0.3) is 0 Å². The zero-order valence-electron chi connectivity index (χ0n) is 12.3. The molecule has 1 saturated heterocycles. The molecule has 104 valence electrons. The molecule has 0 aromatic heterocycles. The maximum atomic E-state index is 2.65. The molecule has 0 saturated carbocycles. The predicted molar refractivity (Wildman–Crippen MR) is 81.6 cm³/mol. The smallest absolute Gasteiger partial charge is 0.000713 e. The number of aryl methyl sites for hydroxylation is 3. The van der Waals surface area contributed by atoms with Crippen molar-refractivity contribution in [2.45, 2.75) is 51.9 Å². The monoisotopic (exact) mass is 257 g/mol. The standard InChI is InChI=1S/C18H27N/c1-15(14-19-11-2-3-12-19)7-8-16-9-10-17-5-4-6-18(17)13-16/h9-10,13,15H,2-8,11-12,14H2,1H3. The first-order valence-electron chi connectivity index (χ1n) is 8.14. The van der Waals surface area contributed by atoms with Crippen LogP contribution in [0.5, 0.6) is 0 Å². The van der Waals surface area contributed by atoms with Crippen molar-refractivity contribution < 1.29 is 0 Å². The van der Waals surface area contributed by atoms with Crippen molar-refractivity contribution in [3.8, 4) is 0 Å². The first-order valence-corrected chi connectivity index (χ1v) is 8.14. The molecule has 1 unspecified atom stereocenters. The van der Waals surface area contributed by atoms with Crippen molar-refractivity contribution >= 4 is 0 Å². The molecular formula is C18H27N. The van der Waals surface area contributed by atoms with Crippen LogP contribution < -0.4 is 0 Å². The van der Waals surface area contributed by atoms with Gasteiger partial charge in [-0.05, 0) is 80.6 Å². The van der Waals surface area contributed by atoms with E-state index in [0.717, 1.165) is 5.92 Å². The minimum absolute atomic E-state index is 0.839. The van der Waals surface area contributed by atoms with Gasteiger partial charge in [0.15, 0.2) is 0 Å². The van der Waals surface area contributed by atoms with E-state index in [2.05, 4.69) is 30.0 Å². The number of likely N-dealkylation sites (tertiary alicyclic amines) is 1. The van der Waals surface area contributed by atoms with E-state index in [-0.39, 0.29) is 0 Å². The average molecular weight is 257 g/mol. The van der Waals surface area contributed by atoms with Gasteiger partial charge in [0.1, 0.15) is 0 Å². The molecule has 19 heavy (non-hydrogen) atoms. The molecule has 1 fully saturated rings. The van der Waals surface area contributed by atoms with Crippen LogP contribution in [-0.4, -0.2) is 24.5 Å². The van der Waals surface area contributed by atoms with Crippen molar-refractivity contribution in [2.75, 3.05) is 19.6 Å². The Labute approximate surface area is 118 Å². The lowest BCUT2D eigenvalue weighted by molar-refractivity contribution is 0.280. The van der Waals surface area contributed by atoms with Crippen molar-refractivity contribution in [1.82, 2.24) is 4.90 Å². The predicted octanol–water partition coefficient (Wildman–Crippen LogP) is 3.84. The fourth-order valence-corrected chi connectivity index (χ4v) is 3.69. The minimum Gasteiger partial charge on any atom is -0.303 e. The second kappa shape index (κ2) is 6.09. The molecule has 1 atom stereocenters. The molecule has 1 heteroatoms. The molecule has 0 N–H and O–H groups in total. The summed E-state index contributed by atoms with van der Waals surface area (Å²) in [5.41, 5.74) is 4.80. The highest BCUT2D eigenvalue weighted by Crippen LogP contribution is 2.24. The number of benzene rings is 1. The molecule has 2 aliphatic rings. The largest absolute Gasteiger partial charge is 0.303 e. The van der Waals surface area contributed by atoms with Gasteiger partial charge < -0.3 is 4.90 Å². The third-order valence-electron chi connectivity index (χ3n) is 4.86. The van der Waals surface area contributed by atoms with Crippen LogP contribution >= 0.6 is 0 Å². The van der Waals surface area contributed by atoms with Gasteiger partial charge in [0.2, 0.25) is 0 Å². The van der Waals surface area contributed by atoms with E-state index in [4.69, 9.17) is 0 Å². The number of rotatable bonds is 5. The Kier molecular flexibility index (Phi) is 4.22. The molecule has 1 aromatic rings. The van der Waals surface area contributed by atoms with Gasteiger partial charge >= 0.3 is 0 Å². The molecule has 1 aromatic carbocycles. The van der Waals surface area contributed by atoms with Gasteiger partial charge in [-0.3, -0.25) is 0 Å². The van der Waals surface area contributed by atoms with E-state index >= 15 is 0 Å². The number of hydrogen-bond acceptors (Lipinski definition) is 1. The van der Waals surface area contributed by atoms with Crippen LogP contribution in [0.2, 0.25) is 0 Å². The Balaban J connectivity index is 1.48. The summed E-state index contributed by atoms with van der Waals surface area (Å²) in [5, 5.41) is 0. The normalized spacial score (nSPS) is 20.7. The fourth-order valence-electron chi connectivity index (χ4n) is 3.69. The number of nitrogens with zero attached hydrogens (tertiary/aromatic N) is 1. The van der Waals surface area contributed by atoms with Crippen molar-refractivity contribution in [2.24, 2.45) is 5.92 Å². The number of fused-ring (bicyclic) bond motifs is 1. The summed E-state index contributed by atoms with van der Waals surface area (Å²) in [5.74, 6) is 0.839. The summed E-state index contributed by atoms with van der Waals surface area (Å²) in [6.45, 7) is 6.41. The van der Waals surface area contributed by atoms with Gasteiger partial charge in [0, 0.05) is 6.54 Å². The van der Waals surface area contributed by atoms with Gasteiger partial charge in [-0.25, -0.2) is 0 Å². The zero-order valence-corrected chi connectivity index (χ0v) is 12.3. The van der Waals surface area contributed by atoms with Crippen LogP contribution in [0.1, 0.15) is 49.3 Å².